The Morgan fingerprint density at radius 1 is 0.864 bits per heavy atom. The molecular formula is C16H32Cl2N4. The van der Waals surface area contributed by atoms with Crippen LogP contribution >= 0.6 is 23.2 Å². The molecule has 0 aromatic carbocycles. The third-order valence-corrected chi connectivity index (χ3v) is 6.01. The van der Waals surface area contributed by atoms with Crippen molar-refractivity contribution >= 4 is 23.2 Å². The molecule has 4 atom stereocenters. The van der Waals surface area contributed by atoms with Crippen LogP contribution in [0.5, 0.6) is 0 Å². The first-order valence-corrected chi connectivity index (χ1v) is 9.76. The SMILES string of the molecule is CCN1CCCC2CCN(CC)C(Cl)NC(Cl)N(CC2)CC1. The van der Waals surface area contributed by atoms with Crippen LogP contribution in [0.15, 0.2) is 0 Å². The van der Waals surface area contributed by atoms with Gasteiger partial charge in [-0.15, -0.1) is 0 Å². The molecule has 2 bridgehead atoms. The van der Waals surface area contributed by atoms with E-state index < -0.39 is 0 Å². The van der Waals surface area contributed by atoms with Crippen molar-refractivity contribution < 1.29 is 0 Å². The van der Waals surface area contributed by atoms with Crippen LogP contribution in [0, 0.1) is 5.92 Å². The maximum atomic E-state index is 6.62. The highest BCUT2D eigenvalue weighted by atomic mass is 35.5. The quantitative estimate of drug-likeness (QED) is 0.610. The van der Waals surface area contributed by atoms with Gasteiger partial charge in [-0.3, -0.25) is 15.1 Å². The second-order valence-corrected chi connectivity index (χ2v) is 7.35. The van der Waals surface area contributed by atoms with Crippen molar-refractivity contribution in [1.29, 1.82) is 0 Å². The lowest BCUT2D eigenvalue weighted by Gasteiger charge is -2.38. The smallest absolute Gasteiger partial charge is 0.140 e. The lowest BCUT2D eigenvalue weighted by molar-refractivity contribution is 0.111. The van der Waals surface area contributed by atoms with E-state index >= 15 is 0 Å². The number of fused-ring (bicyclic) bond motifs is 3. The lowest BCUT2D eigenvalue weighted by Crippen LogP contribution is -2.54. The number of likely N-dealkylation sites (N-methyl/N-ethyl adjacent to an activating group) is 1. The Bertz CT molecular complexity index is 315. The van der Waals surface area contributed by atoms with E-state index in [2.05, 4.69) is 33.9 Å². The van der Waals surface area contributed by atoms with Gasteiger partial charge in [-0.1, -0.05) is 37.0 Å². The molecule has 0 amide bonds. The Balaban J connectivity index is 2.09. The molecule has 2 heterocycles. The van der Waals surface area contributed by atoms with Gasteiger partial charge in [-0.2, -0.15) is 0 Å². The fourth-order valence-corrected chi connectivity index (χ4v) is 4.26. The van der Waals surface area contributed by atoms with Crippen molar-refractivity contribution in [3.8, 4) is 0 Å². The van der Waals surface area contributed by atoms with Gasteiger partial charge in [0, 0.05) is 26.2 Å². The second kappa shape index (κ2) is 9.65. The van der Waals surface area contributed by atoms with Gasteiger partial charge in [0.25, 0.3) is 0 Å². The molecule has 1 N–H and O–H groups in total. The number of rotatable bonds is 2. The molecule has 22 heavy (non-hydrogen) atoms. The molecule has 2 rings (SSSR count). The molecule has 2 saturated heterocycles. The van der Waals surface area contributed by atoms with Gasteiger partial charge in [0.15, 0.2) is 0 Å². The highest BCUT2D eigenvalue weighted by Gasteiger charge is 2.26. The normalized spacial score (nSPS) is 37.1. The average Bonchev–Trinajstić information content (AvgIpc) is 2.52. The van der Waals surface area contributed by atoms with Crippen molar-refractivity contribution in [2.75, 3.05) is 45.8 Å². The zero-order chi connectivity index (χ0) is 15.9. The van der Waals surface area contributed by atoms with Crippen molar-refractivity contribution in [2.45, 2.75) is 50.8 Å². The number of halogens is 2. The van der Waals surface area contributed by atoms with Crippen molar-refractivity contribution in [3.05, 3.63) is 0 Å². The molecule has 0 aromatic rings. The van der Waals surface area contributed by atoms with Crippen LogP contribution in [0.25, 0.3) is 0 Å². The standard InChI is InChI=1S/C16H32Cl2N4/c1-3-20-9-5-6-14-7-10-21(4-2)15(17)19-16(18)22(11-8-14)13-12-20/h14-16,19H,3-13H2,1-2H3. The molecule has 0 aromatic heterocycles. The minimum atomic E-state index is -0.187. The van der Waals surface area contributed by atoms with Gasteiger partial charge >= 0.3 is 0 Å². The van der Waals surface area contributed by atoms with E-state index in [9.17, 15) is 0 Å². The fraction of sp³-hybridized carbons (Fsp3) is 1.00. The van der Waals surface area contributed by atoms with E-state index in [4.69, 9.17) is 23.2 Å². The van der Waals surface area contributed by atoms with Gasteiger partial charge in [0.2, 0.25) is 0 Å². The summed E-state index contributed by atoms with van der Waals surface area (Å²) in [5.74, 6) is 0.791. The van der Waals surface area contributed by atoms with E-state index in [1.807, 2.05) is 0 Å². The number of alkyl halides is 2. The summed E-state index contributed by atoms with van der Waals surface area (Å²) in [5.41, 5.74) is -0.368. The Hall–Kier alpha value is 0.420. The van der Waals surface area contributed by atoms with Gasteiger partial charge in [0.1, 0.15) is 11.2 Å². The van der Waals surface area contributed by atoms with Gasteiger partial charge in [-0.05, 0) is 51.2 Å². The Labute approximate surface area is 146 Å². The monoisotopic (exact) mass is 350 g/mol. The predicted octanol–water partition coefficient (Wildman–Crippen LogP) is 2.77. The van der Waals surface area contributed by atoms with Crippen LogP contribution in [-0.4, -0.2) is 71.8 Å². The minimum Gasteiger partial charge on any atom is -0.302 e. The Morgan fingerprint density at radius 3 is 2.36 bits per heavy atom. The highest BCUT2D eigenvalue weighted by molar-refractivity contribution is 6.22. The number of nitrogens with zero attached hydrogens (tertiary/aromatic N) is 3. The van der Waals surface area contributed by atoms with Crippen molar-refractivity contribution in [3.63, 3.8) is 0 Å². The first-order chi connectivity index (χ1) is 10.6. The summed E-state index contributed by atoms with van der Waals surface area (Å²) >= 11 is 13.2. The third-order valence-electron chi connectivity index (χ3n) is 5.21. The van der Waals surface area contributed by atoms with Crippen LogP contribution in [0.3, 0.4) is 0 Å². The molecule has 0 aliphatic carbocycles. The van der Waals surface area contributed by atoms with Gasteiger partial charge in [-0.25, -0.2) is 0 Å². The average molecular weight is 351 g/mol. The second-order valence-electron chi connectivity index (χ2n) is 6.52. The third kappa shape index (κ3) is 5.50. The zero-order valence-corrected chi connectivity index (χ0v) is 15.6. The summed E-state index contributed by atoms with van der Waals surface area (Å²) in [4.78, 5) is 7.19. The summed E-state index contributed by atoms with van der Waals surface area (Å²) in [7, 11) is 0. The van der Waals surface area contributed by atoms with Crippen LogP contribution in [0.2, 0.25) is 0 Å². The van der Waals surface area contributed by atoms with E-state index in [0.717, 1.165) is 45.2 Å². The van der Waals surface area contributed by atoms with E-state index in [1.54, 1.807) is 0 Å². The topological polar surface area (TPSA) is 21.8 Å². The number of nitrogens with one attached hydrogen (secondary N) is 1. The molecule has 130 valence electrons. The number of hydrogen-bond acceptors (Lipinski definition) is 4. The maximum absolute atomic E-state index is 6.62. The van der Waals surface area contributed by atoms with Gasteiger partial charge in [0.05, 0.1) is 0 Å². The number of hydrogen-bond donors (Lipinski definition) is 1. The molecule has 0 spiro atoms. The molecule has 2 fully saturated rings. The molecular weight excluding hydrogens is 319 g/mol. The fourth-order valence-electron chi connectivity index (χ4n) is 3.53. The summed E-state index contributed by atoms with van der Waals surface area (Å²) in [5, 5.41) is 3.36. The zero-order valence-electron chi connectivity index (χ0n) is 14.1. The van der Waals surface area contributed by atoms with Gasteiger partial charge < -0.3 is 4.90 Å². The van der Waals surface area contributed by atoms with Crippen LogP contribution in [-0.2, 0) is 0 Å². The molecule has 0 saturated carbocycles. The predicted molar refractivity (Wildman–Crippen MR) is 95.3 cm³/mol. The van der Waals surface area contributed by atoms with Crippen molar-refractivity contribution in [1.82, 2.24) is 20.0 Å². The maximum Gasteiger partial charge on any atom is 0.140 e. The van der Waals surface area contributed by atoms with Crippen LogP contribution < -0.4 is 5.32 Å². The molecule has 6 heteroatoms. The Morgan fingerprint density at radius 2 is 1.64 bits per heavy atom. The molecule has 2 aliphatic rings. The van der Waals surface area contributed by atoms with E-state index in [-0.39, 0.29) is 11.2 Å². The summed E-state index contributed by atoms with van der Waals surface area (Å²) in [6.07, 6.45) is 5.14. The van der Waals surface area contributed by atoms with E-state index in [0.29, 0.717) is 0 Å². The molecule has 4 unspecified atom stereocenters. The summed E-state index contributed by atoms with van der Waals surface area (Å²) in [6, 6.07) is 0. The first kappa shape index (κ1) is 18.8. The van der Waals surface area contributed by atoms with Crippen LogP contribution in [0.1, 0.15) is 39.5 Å². The molecule has 4 nitrogen and oxygen atoms in total. The largest absolute Gasteiger partial charge is 0.302 e. The highest BCUT2D eigenvalue weighted by Crippen LogP contribution is 2.22. The lowest BCUT2D eigenvalue weighted by atomic mass is 9.94. The Kier molecular flexibility index (Phi) is 8.23. The van der Waals surface area contributed by atoms with Crippen molar-refractivity contribution in [2.24, 2.45) is 5.92 Å². The summed E-state index contributed by atoms with van der Waals surface area (Å²) in [6.45, 7) is 12.0. The molecule has 2 aliphatic heterocycles. The first-order valence-electron chi connectivity index (χ1n) is 8.88. The van der Waals surface area contributed by atoms with E-state index in [1.165, 1.54) is 32.2 Å². The minimum absolute atomic E-state index is 0.182. The summed E-state index contributed by atoms with van der Waals surface area (Å²) < 4.78 is 0. The van der Waals surface area contributed by atoms with Crippen LogP contribution in [0.4, 0.5) is 0 Å². The molecule has 0 radical (unpaired) electrons.